The molecule has 2 amide bonds. The van der Waals surface area contributed by atoms with E-state index in [0.717, 1.165) is 5.56 Å². The summed E-state index contributed by atoms with van der Waals surface area (Å²) in [4.78, 5) is 41.9. The predicted octanol–water partition coefficient (Wildman–Crippen LogP) is 3.90. The van der Waals surface area contributed by atoms with Gasteiger partial charge >= 0.3 is 12.1 Å². The number of carboxylic acid groups (broad SMARTS) is 1. The molecule has 0 unspecified atom stereocenters. The number of ether oxygens (including phenoxy) is 2. The largest absolute Gasteiger partial charge is 0.480 e. The van der Waals surface area contributed by atoms with Gasteiger partial charge in [0.1, 0.15) is 17.4 Å². The van der Waals surface area contributed by atoms with Crippen LogP contribution in [0.3, 0.4) is 0 Å². The van der Waals surface area contributed by atoms with E-state index in [2.05, 4.69) is 10.3 Å². The predicted molar refractivity (Wildman–Crippen MR) is 120 cm³/mol. The van der Waals surface area contributed by atoms with Crippen LogP contribution < -0.4 is 10.1 Å². The number of nitrogens with one attached hydrogen (secondary N) is 1. The Hall–Kier alpha value is -3.62. The van der Waals surface area contributed by atoms with Gasteiger partial charge in [-0.2, -0.15) is 0 Å². The van der Waals surface area contributed by atoms with Gasteiger partial charge in [-0.05, 0) is 70.4 Å². The highest BCUT2D eigenvalue weighted by molar-refractivity contribution is 5.97. The zero-order valence-corrected chi connectivity index (χ0v) is 19.3. The first kappa shape index (κ1) is 24.0. The number of carbonyl (C=O) groups is 3. The van der Waals surface area contributed by atoms with E-state index in [0.29, 0.717) is 42.3 Å². The van der Waals surface area contributed by atoms with E-state index in [1.807, 2.05) is 13.0 Å². The van der Waals surface area contributed by atoms with Crippen LogP contribution in [0.1, 0.15) is 55.2 Å². The van der Waals surface area contributed by atoms with Gasteiger partial charge in [0, 0.05) is 30.4 Å². The van der Waals surface area contributed by atoms with E-state index in [1.54, 1.807) is 51.1 Å². The third-order valence-electron chi connectivity index (χ3n) is 4.93. The lowest BCUT2D eigenvalue weighted by Gasteiger charge is -2.21. The summed E-state index contributed by atoms with van der Waals surface area (Å²) in [6.45, 7) is 7.83. The van der Waals surface area contributed by atoms with E-state index in [4.69, 9.17) is 9.47 Å². The molecule has 1 aromatic heterocycles. The first-order valence-electron chi connectivity index (χ1n) is 10.8. The maximum atomic E-state index is 12.9. The van der Waals surface area contributed by atoms with E-state index in [9.17, 15) is 19.5 Å². The second-order valence-corrected chi connectivity index (χ2v) is 8.94. The molecule has 2 aromatic rings. The SMILES string of the molecule is Cc1cc(CNC(=O)OC(C)(C)C)cc(Oc2cccc(C(=O)N3CCC[C@H]3C(=O)O)c2)n1. The summed E-state index contributed by atoms with van der Waals surface area (Å²) in [5.74, 6) is -0.629. The molecule has 1 aliphatic rings. The number of aliphatic carboxylic acids is 1. The molecule has 1 atom stereocenters. The molecule has 0 saturated carbocycles. The minimum atomic E-state index is -0.996. The molecule has 1 fully saturated rings. The number of amides is 2. The topological polar surface area (TPSA) is 118 Å². The fourth-order valence-electron chi connectivity index (χ4n) is 3.60. The van der Waals surface area contributed by atoms with Crippen molar-refractivity contribution in [2.24, 2.45) is 0 Å². The van der Waals surface area contributed by atoms with Crippen LogP contribution in [0, 0.1) is 6.92 Å². The fraction of sp³-hybridized carbons (Fsp3) is 0.417. The van der Waals surface area contributed by atoms with Crippen LogP contribution in [0.15, 0.2) is 36.4 Å². The van der Waals surface area contributed by atoms with Crippen molar-refractivity contribution < 1.29 is 29.0 Å². The highest BCUT2D eigenvalue weighted by atomic mass is 16.6. The third-order valence-corrected chi connectivity index (χ3v) is 4.93. The average molecular weight is 456 g/mol. The molecule has 9 nitrogen and oxygen atoms in total. The Balaban J connectivity index is 1.70. The first-order chi connectivity index (χ1) is 15.5. The van der Waals surface area contributed by atoms with Crippen LogP contribution >= 0.6 is 0 Å². The molecule has 0 bridgehead atoms. The maximum absolute atomic E-state index is 12.9. The van der Waals surface area contributed by atoms with Crippen molar-refractivity contribution in [3.05, 3.63) is 53.2 Å². The van der Waals surface area contributed by atoms with Crippen LogP contribution in [0.2, 0.25) is 0 Å². The summed E-state index contributed by atoms with van der Waals surface area (Å²) in [5.41, 5.74) is 1.23. The second kappa shape index (κ2) is 9.89. The quantitative estimate of drug-likeness (QED) is 0.678. The van der Waals surface area contributed by atoms with Gasteiger partial charge in [-0.15, -0.1) is 0 Å². The van der Waals surface area contributed by atoms with E-state index >= 15 is 0 Å². The van der Waals surface area contributed by atoms with Crippen LogP contribution in [0.25, 0.3) is 0 Å². The van der Waals surface area contributed by atoms with Gasteiger partial charge in [-0.25, -0.2) is 14.6 Å². The molecular formula is C24H29N3O6. The smallest absolute Gasteiger partial charge is 0.407 e. The Kier molecular flexibility index (Phi) is 7.20. The van der Waals surface area contributed by atoms with Crippen LogP contribution in [0.5, 0.6) is 11.6 Å². The zero-order chi connectivity index (χ0) is 24.2. The number of rotatable bonds is 6. The number of hydrogen-bond donors (Lipinski definition) is 2. The average Bonchev–Trinajstić information content (AvgIpc) is 3.20. The number of aryl methyl sites for hydroxylation is 1. The number of aromatic nitrogens is 1. The minimum absolute atomic E-state index is 0.235. The lowest BCUT2D eigenvalue weighted by atomic mass is 10.1. The molecule has 1 aromatic carbocycles. The maximum Gasteiger partial charge on any atom is 0.407 e. The Morgan fingerprint density at radius 2 is 1.97 bits per heavy atom. The van der Waals surface area contributed by atoms with Gasteiger partial charge in [0.15, 0.2) is 0 Å². The highest BCUT2D eigenvalue weighted by Crippen LogP contribution is 2.25. The van der Waals surface area contributed by atoms with Crippen LogP contribution in [0.4, 0.5) is 4.79 Å². The Morgan fingerprint density at radius 1 is 1.21 bits per heavy atom. The zero-order valence-electron chi connectivity index (χ0n) is 19.3. The number of hydrogen-bond acceptors (Lipinski definition) is 6. The monoisotopic (exact) mass is 455 g/mol. The van der Waals surface area contributed by atoms with Crippen molar-refractivity contribution in [1.82, 2.24) is 15.2 Å². The van der Waals surface area contributed by atoms with Gasteiger partial charge in [0.25, 0.3) is 5.91 Å². The van der Waals surface area contributed by atoms with Gasteiger partial charge in [0.2, 0.25) is 5.88 Å². The number of likely N-dealkylation sites (tertiary alicyclic amines) is 1. The molecule has 176 valence electrons. The molecule has 1 aliphatic heterocycles. The summed E-state index contributed by atoms with van der Waals surface area (Å²) < 4.78 is 11.1. The number of nitrogens with zero attached hydrogens (tertiary/aromatic N) is 2. The standard InChI is InChI=1S/C24H29N3O6/c1-15-11-16(14-25-23(31)33-24(2,3)4)12-20(26-15)32-18-8-5-7-17(13-18)21(28)27-10-6-9-19(27)22(29)30/h5,7-8,11-13,19H,6,9-10,14H2,1-4H3,(H,25,31)(H,29,30)/t19-/m0/s1. The molecule has 1 saturated heterocycles. The Bertz CT molecular complexity index is 1050. The molecule has 0 radical (unpaired) electrons. The lowest BCUT2D eigenvalue weighted by Crippen LogP contribution is -2.40. The van der Waals surface area contributed by atoms with E-state index in [1.165, 1.54) is 4.90 Å². The van der Waals surface area contributed by atoms with Crippen LogP contribution in [-0.2, 0) is 16.1 Å². The number of pyridine rings is 1. The Labute approximate surface area is 192 Å². The fourth-order valence-corrected chi connectivity index (χ4v) is 3.60. The minimum Gasteiger partial charge on any atom is -0.480 e. The molecule has 0 spiro atoms. The number of carboxylic acids is 1. The van der Waals surface area contributed by atoms with Gasteiger partial charge in [-0.1, -0.05) is 6.07 Å². The van der Waals surface area contributed by atoms with Gasteiger partial charge in [0.05, 0.1) is 0 Å². The molecule has 0 aliphatic carbocycles. The van der Waals surface area contributed by atoms with Gasteiger partial charge < -0.3 is 24.8 Å². The van der Waals surface area contributed by atoms with Crippen molar-refractivity contribution in [3.8, 4) is 11.6 Å². The normalized spacial score (nSPS) is 15.8. The first-order valence-corrected chi connectivity index (χ1v) is 10.8. The van der Waals surface area contributed by atoms with E-state index < -0.39 is 23.7 Å². The van der Waals surface area contributed by atoms with Crippen LogP contribution in [-0.4, -0.2) is 51.1 Å². The Morgan fingerprint density at radius 3 is 2.67 bits per heavy atom. The number of alkyl carbamates (subject to hydrolysis) is 1. The second-order valence-electron chi connectivity index (χ2n) is 8.94. The summed E-state index contributed by atoms with van der Waals surface area (Å²) in [5, 5.41) is 12.1. The molecule has 3 rings (SSSR count). The lowest BCUT2D eigenvalue weighted by molar-refractivity contribution is -0.141. The number of carbonyl (C=O) groups excluding carboxylic acids is 2. The van der Waals surface area contributed by atoms with Gasteiger partial charge in [-0.3, -0.25) is 4.79 Å². The summed E-state index contributed by atoms with van der Waals surface area (Å²) in [6, 6.07) is 9.28. The van der Waals surface area contributed by atoms with Crippen molar-refractivity contribution >= 4 is 18.0 Å². The highest BCUT2D eigenvalue weighted by Gasteiger charge is 2.34. The van der Waals surface area contributed by atoms with Crippen molar-refractivity contribution in [2.45, 2.75) is 58.7 Å². The summed E-state index contributed by atoms with van der Waals surface area (Å²) in [7, 11) is 0. The van der Waals surface area contributed by atoms with Crippen molar-refractivity contribution in [1.29, 1.82) is 0 Å². The molecular weight excluding hydrogens is 426 g/mol. The molecule has 2 N–H and O–H groups in total. The van der Waals surface area contributed by atoms with E-state index in [-0.39, 0.29) is 12.5 Å². The summed E-state index contributed by atoms with van der Waals surface area (Å²) in [6.07, 6.45) is 0.587. The van der Waals surface area contributed by atoms with Crippen molar-refractivity contribution in [2.75, 3.05) is 6.54 Å². The summed E-state index contributed by atoms with van der Waals surface area (Å²) >= 11 is 0. The molecule has 33 heavy (non-hydrogen) atoms. The number of benzene rings is 1. The molecule has 9 heteroatoms. The third kappa shape index (κ3) is 6.68. The van der Waals surface area contributed by atoms with Crippen molar-refractivity contribution in [3.63, 3.8) is 0 Å². The molecule has 2 heterocycles.